The molecule has 0 aromatic heterocycles. The van der Waals surface area contributed by atoms with E-state index < -0.39 is 5.54 Å². The number of hydrogen-bond donors (Lipinski definition) is 2. The molecule has 1 aromatic carbocycles. The topological polar surface area (TPSA) is 84.7 Å². The van der Waals surface area contributed by atoms with Gasteiger partial charge in [-0.1, -0.05) is 24.9 Å². The lowest BCUT2D eigenvalue weighted by Crippen LogP contribution is -2.48. The SMILES string of the molecule is CCCC(C)(N)C(=O)Nc1ccc(C(=O)N2CCOCC2)c(Cl)c1.Cl. The van der Waals surface area contributed by atoms with Crippen LogP contribution in [0.15, 0.2) is 18.2 Å². The van der Waals surface area contributed by atoms with E-state index in [0.717, 1.165) is 6.42 Å². The Hall–Kier alpha value is -1.34. The Bertz CT molecular complexity index is 617. The lowest BCUT2D eigenvalue weighted by Gasteiger charge is -2.27. The highest BCUT2D eigenvalue weighted by Crippen LogP contribution is 2.24. The van der Waals surface area contributed by atoms with Gasteiger partial charge in [0.05, 0.1) is 29.3 Å². The van der Waals surface area contributed by atoms with Crippen molar-refractivity contribution in [2.45, 2.75) is 32.2 Å². The van der Waals surface area contributed by atoms with Crippen LogP contribution in [0.4, 0.5) is 5.69 Å². The average molecular weight is 390 g/mol. The first-order valence-corrected chi connectivity index (χ1v) is 8.50. The summed E-state index contributed by atoms with van der Waals surface area (Å²) < 4.78 is 5.24. The molecule has 2 amide bonds. The molecule has 6 nitrogen and oxygen atoms in total. The van der Waals surface area contributed by atoms with E-state index in [1.807, 2.05) is 6.92 Å². The van der Waals surface area contributed by atoms with Crippen molar-refractivity contribution in [1.29, 1.82) is 0 Å². The third-order valence-corrected chi connectivity index (χ3v) is 4.36. The monoisotopic (exact) mass is 389 g/mol. The van der Waals surface area contributed by atoms with Crippen LogP contribution >= 0.6 is 24.0 Å². The predicted octanol–water partition coefficient (Wildman–Crippen LogP) is 2.69. The third-order valence-electron chi connectivity index (χ3n) is 4.04. The zero-order valence-corrected chi connectivity index (χ0v) is 16.1. The Kier molecular flexibility index (Phi) is 8.15. The van der Waals surface area contributed by atoms with Crippen molar-refractivity contribution in [3.05, 3.63) is 28.8 Å². The van der Waals surface area contributed by atoms with E-state index in [2.05, 4.69) is 5.32 Å². The molecule has 1 aliphatic rings. The Morgan fingerprint density at radius 1 is 1.36 bits per heavy atom. The zero-order chi connectivity index (χ0) is 17.7. The van der Waals surface area contributed by atoms with Gasteiger partial charge in [-0.3, -0.25) is 9.59 Å². The first kappa shape index (κ1) is 21.7. The average Bonchev–Trinajstić information content (AvgIpc) is 2.55. The molecule has 1 unspecified atom stereocenters. The van der Waals surface area contributed by atoms with E-state index in [0.29, 0.717) is 49.0 Å². The lowest BCUT2D eigenvalue weighted by atomic mass is 9.96. The zero-order valence-electron chi connectivity index (χ0n) is 14.5. The maximum atomic E-state index is 12.5. The van der Waals surface area contributed by atoms with Crippen LogP contribution in [0.2, 0.25) is 5.02 Å². The normalized spacial score (nSPS) is 16.6. The molecule has 25 heavy (non-hydrogen) atoms. The highest BCUT2D eigenvalue weighted by atomic mass is 35.5. The summed E-state index contributed by atoms with van der Waals surface area (Å²) in [7, 11) is 0. The van der Waals surface area contributed by atoms with E-state index in [-0.39, 0.29) is 24.2 Å². The van der Waals surface area contributed by atoms with Gasteiger partial charge in [0.15, 0.2) is 0 Å². The maximum absolute atomic E-state index is 12.5. The Balaban J connectivity index is 0.00000312. The van der Waals surface area contributed by atoms with Crippen molar-refractivity contribution in [2.75, 3.05) is 31.6 Å². The van der Waals surface area contributed by atoms with Crippen LogP contribution in [-0.2, 0) is 9.53 Å². The van der Waals surface area contributed by atoms with Gasteiger partial charge in [-0.05, 0) is 31.5 Å². The molecule has 1 fully saturated rings. The molecule has 3 N–H and O–H groups in total. The van der Waals surface area contributed by atoms with Crippen LogP contribution in [-0.4, -0.2) is 48.6 Å². The number of benzene rings is 1. The molecule has 1 heterocycles. The predicted molar refractivity (Wildman–Crippen MR) is 102 cm³/mol. The molecule has 8 heteroatoms. The summed E-state index contributed by atoms with van der Waals surface area (Å²) in [4.78, 5) is 26.4. The van der Waals surface area contributed by atoms with E-state index in [4.69, 9.17) is 22.1 Å². The second-order valence-corrected chi connectivity index (χ2v) is 6.63. The van der Waals surface area contributed by atoms with Gasteiger partial charge >= 0.3 is 0 Å². The van der Waals surface area contributed by atoms with Crippen molar-refractivity contribution < 1.29 is 14.3 Å². The Morgan fingerprint density at radius 2 is 2.00 bits per heavy atom. The highest BCUT2D eigenvalue weighted by Gasteiger charge is 2.27. The molecule has 1 aliphatic heterocycles. The minimum Gasteiger partial charge on any atom is -0.378 e. The Labute approximate surface area is 159 Å². The van der Waals surface area contributed by atoms with Crippen LogP contribution < -0.4 is 11.1 Å². The number of nitrogens with two attached hydrogens (primary N) is 1. The quantitative estimate of drug-likeness (QED) is 0.810. The minimum absolute atomic E-state index is 0. The second-order valence-electron chi connectivity index (χ2n) is 6.22. The molecule has 140 valence electrons. The first-order chi connectivity index (χ1) is 11.3. The standard InChI is InChI=1S/C17H24ClN3O3.ClH/c1-3-6-17(2,19)16(23)20-12-4-5-13(14(18)11-12)15(22)21-7-9-24-10-8-21;/h4-5,11H,3,6-10,19H2,1-2H3,(H,20,23);1H. The lowest BCUT2D eigenvalue weighted by molar-refractivity contribution is -0.120. The molecular weight excluding hydrogens is 365 g/mol. The smallest absolute Gasteiger partial charge is 0.255 e. The highest BCUT2D eigenvalue weighted by molar-refractivity contribution is 6.34. The molecule has 1 aromatic rings. The van der Waals surface area contributed by atoms with Gasteiger partial charge in [0.2, 0.25) is 5.91 Å². The van der Waals surface area contributed by atoms with Gasteiger partial charge in [0.1, 0.15) is 0 Å². The van der Waals surface area contributed by atoms with E-state index in [9.17, 15) is 9.59 Å². The number of morpholine rings is 1. The van der Waals surface area contributed by atoms with Crippen LogP contribution in [0, 0.1) is 0 Å². The number of ether oxygens (including phenoxy) is 1. The fourth-order valence-corrected chi connectivity index (χ4v) is 2.87. The van der Waals surface area contributed by atoms with Crippen molar-refractivity contribution in [1.82, 2.24) is 4.90 Å². The van der Waals surface area contributed by atoms with Gasteiger partial charge < -0.3 is 20.7 Å². The molecule has 0 saturated carbocycles. The fourth-order valence-electron chi connectivity index (χ4n) is 2.61. The van der Waals surface area contributed by atoms with Crippen LogP contribution in [0.3, 0.4) is 0 Å². The van der Waals surface area contributed by atoms with Crippen LogP contribution in [0.1, 0.15) is 37.0 Å². The van der Waals surface area contributed by atoms with Gasteiger partial charge in [-0.15, -0.1) is 12.4 Å². The summed E-state index contributed by atoms with van der Waals surface area (Å²) >= 11 is 6.24. The second kappa shape index (κ2) is 9.38. The largest absolute Gasteiger partial charge is 0.378 e. The fraction of sp³-hybridized carbons (Fsp3) is 0.529. The first-order valence-electron chi connectivity index (χ1n) is 8.12. The van der Waals surface area contributed by atoms with Gasteiger partial charge in [-0.2, -0.15) is 0 Å². The summed E-state index contributed by atoms with van der Waals surface area (Å²) in [5.74, 6) is -0.400. The number of nitrogens with one attached hydrogen (secondary N) is 1. The summed E-state index contributed by atoms with van der Waals surface area (Å²) in [5.41, 5.74) is 6.02. The molecule has 1 atom stereocenters. The van der Waals surface area contributed by atoms with Crippen LogP contribution in [0.25, 0.3) is 0 Å². The molecule has 0 spiro atoms. The molecule has 0 bridgehead atoms. The number of nitrogens with zero attached hydrogens (tertiary/aromatic N) is 1. The number of carbonyl (C=O) groups excluding carboxylic acids is 2. The molecule has 2 rings (SSSR count). The van der Waals surface area contributed by atoms with Crippen LogP contribution in [0.5, 0.6) is 0 Å². The van der Waals surface area contributed by atoms with E-state index in [1.165, 1.54) is 0 Å². The molecule has 1 saturated heterocycles. The summed E-state index contributed by atoms with van der Waals surface area (Å²) in [6.45, 7) is 5.84. The van der Waals surface area contributed by atoms with E-state index in [1.54, 1.807) is 30.0 Å². The number of carbonyl (C=O) groups is 2. The molecule has 0 radical (unpaired) electrons. The van der Waals surface area contributed by atoms with E-state index >= 15 is 0 Å². The number of rotatable bonds is 5. The maximum Gasteiger partial charge on any atom is 0.255 e. The van der Waals surface area contributed by atoms with Gasteiger partial charge in [-0.25, -0.2) is 0 Å². The minimum atomic E-state index is -0.941. The van der Waals surface area contributed by atoms with Crippen molar-refractivity contribution in [3.63, 3.8) is 0 Å². The number of anilines is 1. The summed E-state index contributed by atoms with van der Waals surface area (Å²) in [6.07, 6.45) is 1.40. The van der Waals surface area contributed by atoms with Crippen molar-refractivity contribution in [2.24, 2.45) is 5.73 Å². The summed E-state index contributed by atoms with van der Waals surface area (Å²) in [6, 6.07) is 4.87. The summed E-state index contributed by atoms with van der Waals surface area (Å²) in [5, 5.41) is 3.06. The van der Waals surface area contributed by atoms with Gasteiger partial charge in [0, 0.05) is 18.8 Å². The molecule has 0 aliphatic carbocycles. The van der Waals surface area contributed by atoms with Gasteiger partial charge in [0.25, 0.3) is 5.91 Å². The number of hydrogen-bond acceptors (Lipinski definition) is 4. The molecular formula is C17H25Cl2N3O3. The Morgan fingerprint density at radius 3 is 2.56 bits per heavy atom. The van der Waals surface area contributed by atoms with Crippen molar-refractivity contribution in [3.8, 4) is 0 Å². The van der Waals surface area contributed by atoms with Crippen molar-refractivity contribution >= 4 is 41.5 Å². The number of amides is 2. The number of halogens is 2. The third kappa shape index (κ3) is 5.57.